The summed E-state index contributed by atoms with van der Waals surface area (Å²) < 4.78 is 38.4. The molecule has 0 bridgehead atoms. The Morgan fingerprint density at radius 1 is 1.08 bits per heavy atom. The molecule has 1 aliphatic heterocycles. The lowest BCUT2D eigenvalue weighted by molar-refractivity contribution is -0.148. The van der Waals surface area contributed by atoms with Gasteiger partial charge in [-0.2, -0.15) is 0 Å². The van der Waals surface area contributed by atoms with Crippen LogP contribution in [0.2, 0.25) is 0 Å². The molecule has 0 aromatic heterocycles. The highest BCUT2D eigenvalue weighted by Gasteiger charge is 2.40. The number of hydrogen-bond acceptors (Lipinski definition) is 6. The number of rotatable bonds is 8. The van der Waals surface area contributed by atoms with Crippen molar-refractivity contribution in [2.24, 2.45) is 0 Å². The van der Waals surface area contributed by atoms with Gasteiger partial charge in [0.2, 0.25) is 6.29 Å². The monoisotopic (exact) mass is 505 g/mol. The van der Waals surface area contributed by atoms with Crippen LogP contribution in [0.1, 0.15) is 58.8 Å². The number of hydrogen-bond donors (Lipinski definition) is 1. The van der Waals surface area contributed by atoms with Crippen molar-refractivity contribution in [1.29, 1.82) is 0 Å². The molecule has 5 rings (SSSR count). The zero-order chi connectivity index (χ0) is 25.9. The third-order valence-corrected chi connectivity index (χ3v) is 6.72. The Bertz CT molecular complexity index is 1310. The molecule has 0 fully saturated rings. The van der Waals surface area contributed by atoms with Crippen LogP contribution >= 0.6 is 0 Å². The second-order valence-corrected chi connectivity index (χ2v) is 9.00. The molecule has 3 aromatic rings. The first-order valence-electron chi connectivity index (χ1n) is 12.3. The first kappa shape index (κ1) is 24.8. The van der Waals surface area contributed by atoms with Gasteiger partial charge >= 0.3 is 5.97 Å². The molecule has 1 aliphatic carbocycles. The zero-order valence-corrected chi connectivity index (χ0v) is 20.7. The predicted octanol–water partition coefficient (Wildman–Crippen LogP) is 5.44. The van der Waals surface area contributed by atoms with Gasteiger partial charge in [-0.05, 0) is 62.2 Å². The number of halogens is 1. The van der Waals surface area contributed by atoms with Gasteiger partial charge in [-0.15, -0.1) is 0 Å². The molecule has 1 unspecified atom stereocenters. The first-order valence-corrected chi connectivity index (χ1v) is 12.3. The van der Waals surface area contributed by atoms with E-state index in [0.717, 1.165) is 11.1 Å². The predicted molar refractivity (Wildman–Crippen MR) is 133 cm³/mol. The number of methoxy groups -OCH3 is 1. The van der Waals surface area contributed by atoms with E-state index in [0.29, 0.717) is 47.8 Å². The van der Waals surface area contributed by atoms with E-state index in [9.17, 15) is 9.59 Å². The van der Waals surface area contributed by atoms with Gasteiger partial charge in [0.1, 0.15) is 23.1 Å². The van der Waals surface area contributed by atoms with E-state index < -0.39 is 12.4 Å². The Hall–Kier alpha value is -3.91. The molecule has 0 radical (unpaired) electrons. The third kappa shape index (κ3) is 5.02. The highest BCUT2D eigenvalue weighted by atomic mass is 19.1. The molecule has 192 valence electrons. The number of amides is 1. The molecular formula is C29H28FNO6. The maximum absolute atomic E-state index is 15.1. The number of fused-ring (bicyclic) bond motifs is 2. The fourth-order valence-corrected chi connectivity index (χ4v) is 4.94. The number of esters is 1. The lowest BCUT2D eigenvalue weighted by Crippen LogP contribution is -2.26. The van der Waals surface area contributed by atoms with E-state index in [1.54, 1.807) is 30.3 Å². The summed E-state index contributed by atoms with van der Waals surface area (Å²) in [7, 11) is 1.34. The van der Waals surface area contributed by atoms with Crippen molar-refractivity contribution < 1.29 is 32.9 Å². The van der Waals surface area contributed by atoms with Crippen molar-refractivity contribution in [2.45, 2.75) is 44.5 Å². The smallest absolute Gasteiger partial charge is 0.306 e. The Labute approximate surface area is 214 Å². The summed E-state index contributed by atoms with van der Waals surface area (Å²) in [6.45, 7) is 2.40. The zero-order valence-electron chi connectivity index (χ0n) is 20.7. The van der Waals surface area contributed by atoms with Crippen LogP contribution in [0.5, 0.6) is 17.2 Å². The minimum absolute atomic E-state index is 0.0929. The Balaban J connectivity index is 1.35. The van der Waals surface area contributed by atoms with Crippen molar-refractivity contribution in [3.8, 4) is 17.2 Å². The Kier molecular flexibility index (Phi) is 7.10. The average molecular weight is 506 g/mol. The molecule has 1 N–H and O–H groups in total. The van der Waals surface area contributed by atoms with E-state index in [2.05, 4.69) is 5.32 Å². The van der Waals surface area contributed by atoms with Gasteiger partial charge in [0, 0.05) is 28.8 Å². The van der Waals surface area contributed by atoms with E-state index in [-0.39, 0.29) is 30.0 Å². The molecular weight excluding hydrogens is 477 g/mol. The molecule has 0 spiro atoms. The van der Waals surface area contributed by atoms with E-state index in [1.165, 1.54) is 13.2 Å². The van der Waals surface area contributed by atoms with Gasteiger partial charge < -0.3 is 24.3 Å². The molecule has 7 nitrogen and oxygen atoms in total. The van der Waals surface area contributed by atoms with Gasteiger partial charge in [0.05, 0.1) is 25.6 Å². The summed E-state index contributed by atoms with van der Waals surface area (Å²) in [4.78, 5) is 24.1. The van der Waals surface area contributed by atoms with Gasteiger partial charge in [-0.25, -0.2) is 4.39 Å². The van der Waals surface area contributed by atoms with E-state index in [1.807, 2.05) is 31.2 Å². The standard InChI is InChI=1S/C29H28FNO6/c1-3-31-28(33)17-8-10-18(11-9-17)35-24-15-13-22(30)27-20(24)12-14-25(27)37-29-21(16-26(32)34-2)19-6-4-5-7-23(19)36-29/h4-11,13,15,21,25,29H,3,12,14,16H2,1-2H3,(H,31,33)/t21?,25-,29-/m1/s1. The second kappa shape index (κ2) is 10.6. The summed E-state index contributed by atoms with van der Waals surface area (Å²) in [5.74, 6) is 0.460. The van der Waals surface area contributed by atoms with Gasteiger partial charge in [0.15, 0.2) is 0 Å². The average Bonchev–Trinajstić information content (AvgIpc) is 3.48. The molecule has 37 heavy (non-hydrogen) atoms. The molecule has 1 heterocycles. The van der Waals surface area contributed by atoms with Crippen LogP contribution in [0.15, 0.2) is 60.7 Å². The van der Waals surface area contributed by atoms with Crippen LogP contribution in [-0.2, 0) is 20.7 Å². The minimum atomic E-state index is -0.752. The quantitative estimate of drug-likeness (QED) is 0.411. The van der Waals surface area contributed by atoms with Crippen molar-refractivity contribution in [3.63, 3.8) is 0 Å². The topological polar surface area (TPSA) is 83.1 Å². The van der Waals surface area contributed by atoms with Crippen LogP contribution in [-0.4, -0.2) is 31.8 Å². The van der Waals surface area contributed by atoms with Crippen LogP contribution in [0.3, 0.4) is 0 Å². The molecule has 8 heteroatoms. The van der Waals surface area contributed by atoms with Crippen LogP contribution in [0.25, 0.3) is 0 Å². The Morgan fingerprint density at radius 3 is 2.62 bits per heavy atom. The molecule has 0 saturated carbocycles. The van der Waals surface area contributed by atoms with Gasteiger partial charge in [-0.3, -0.25) is 9.59 Å². The third-order valence-electron chi connectivity index (χ3n) is 6.72. The van der Waals surface area contributed by atoms with Crippen LogP contribution in [0, 0.1) is 5.82 Å². The SMILES string of the molecule is CCNC(=O)c1ccc(Oc2ccc(F)c3c2CC[C@H]3O[C@H]2Oc3ccccc3C2CC(=O)OC)cc1. The fraction of sp³-hybridized carbons (Fsp3) is 0.310. The number of carbonyl (C=O) groups is 2. The first-order chi connectivity index (χ1) is 18.0. The fourth-order valence-electron chi connectivity index (χ4n) is 4.94. The lowest BCUT2D eigenvalue weighted by atomic mass is 9.96. The highest BCUT2D eigenvalue weighted by Crippen LogP contribution is 2.47. The summed E-state index contributed by atoms with van der Waals surface area (Å²) in [6, 6.07) is 17.2. The van der Waals surface area contributed by atoms with Crippen molar-refractivity contribution >= 4 is 11.9 Å². The minimum Gasteiger partial charge on any atom is -0.469 e. The number of para-hydroxylation sites is 1. The molecule has 1 amide bonds. The molecule has 2 aliphatic rings. The highest BCUT2D eigenvalue weighted by molar-refractivity contribution is 5.94. The maximum atomic E-state index is 15.1. The van der Waals surface area contributed by atoms with Crippen molar-refractivity contribution in [1.82, 2.24) is 5.32 Å². The number of carbonyl (C=O) groups excluding carboxylic acids is 2. The van der Waals surface area contributed by atoms with Gasteiger partial charge in [0.25, 0.3) is 5.91 Å². The normalized spacial score (nSPS) is 19.5. The number of benzene rings is 3. The van der Waals surface area contributed by atoms with Gasteiger partial charge in [-0.1, -0.05) is 18.2 Å². The summed E-state index contributed by atoms with van der Waals surface area (Å²) >= 11 is 0. The summed E-state index contributed by atoms with van der Waals surface area (Å²) in [5, 5.41) is 2.76. The number of ether oxygens (including phenoxy) is 4. The van der Waals surface area contributed by atoms with E-state index in [4.69, 9.17) is 18.9 Å². The van der Waals surface area contributed by atoms with Crippen LogP contribution in [0.4, 0.5) is 4.39 Å². The van der Waals surface area contributed by atoms with E-state index >= 15 is 4.39 Å². The second-order valence-electron chi connectivity index (χ2n) is 9.00. The summed E-state index contributed by atoms with van der Waals surface area (Å²) in [5.41, 5.74) is 2.57. The summed E-state index contributed by atoms with van der Waals surface area (Å²) in [6.07, 6.45) is -0.110. The largest absolute Gasteiger partial charge is 0.469 e. The number of nitrogens with one attached hydrogen (secondary N) is 1. The van der Waals surface area contributed by atoms with Crippen molar-refractivity contribution in [2.75, 3.05) is 13.7 Å². The maximum Gasteiger partial charge on any atom is 0.306 e. The Morgan fingerprint density at radius 2 is 1.86 bits per heavy atom. The molecule has 3 atom stereocenters. The van der Waals surface area contributed by atoms with Crippen molar-refractivity contribution in [3.05, 3.63) is 88.7 Å². The van der Waals surface area contributed by atoms with Crippen LogP contribution < -0.4 is 14.8 Å². The lowest BCUT2D eigenvalue weighted by Gasteiger charge is -2.23. The molecule has 0 saturated heterocycles. The molecule has 3 aromatic carbocycles.